The summed E-state index contributed by atoms with van der Waals surface area (Å²) in [5.74, 6) is 0.581. The number of quaternary nitrogens is 1. The molecule has 118 valence electrons. The second-order valence-corrected chi connectivity index (χ2v) is 6.23. The Balaban J connectivity index is 1.54. The van der Waals surface area contributed by atoms with Crippen molar-refractivity contribution in [1.82, 2.24) is 20.2 Å². The molecule has 3 rings (SSSR count). The Kier molecular flexibility index (Phi) is 5.38. The molecule has 2 N–H and O–H groups in total. The van der Waals surface area contributed by atoms with E-state index >= 15 is 0 Å². The zero-order chi connectivity index (χ0) is 15.2. The molecular formula is C14H20N5O2S+. The van der Waals surface area contributed by atoms with Gasteiger partial charge in [0.2, 0.25) is 5.16 Å². The molecule has 1 atom stereocenters. The van der Waals surface area contributed by atoms with Crippen LogP contribution in [0, 0.1) is 0 Å². The van der Waals surface area contributed by atoms with Crippen molar-refractivity contribution in [3.8, 4) is 5.69 Å². The quantitative estimate of drug-likeness (QED) is 0.667. The number of benzene rings is 1. The summed E-state index contributed by atoms with van der Waals surface area (Å²) in [4.78, 5) is 1.39. The fourth-order valence-corrected chi connectivity index (χ4v) is 3.25. The van der Waals surface area contributed by atoms with Crippen molar-refractivity contribution < 1.29 is 14.7 Å². The van der Waals surface area contributed by atoms with Crippen LogP contribution < -0.4 is 4.90 Å². The topological polar surface area (TPSA) is 77.5 Å². The average Bonchev–Trinajstić information content (AvgIpc) is 3.03. The number of nitrogens with one attached hydrogen (secondary N) is 1. The molecule has 2 heterocycles. The first-order chi connectivity index (χ1) is 10.8. The number of thioether (sulfide) groups is 1. The van der Waals surface area contributed by atoms with Crippen LogP contribution in [-0.4, -0.2) is 70.0 Å². The lowest BCUT2D eigenvalue weighted by atomic mass is 10.3. The van der Waals surface area contributed by atoms with Gasteiger partial charge in [0, 0.05) is 5.75 Å². The fraction of sp³-hybridized carbons (Fsp3) is 0.500. The lowest BCUT2D eigenvalue weighted by Crippen LogP contribution is -3.15. The van der Waals surface area contributed by atoms with E-state index in [1.54, 1.807) is 4.68 Å². The normalized spacial score (nSPS) is 17.5. The maximum absolute atomic E-state index is 10.2. The van der Waals surface area contributed by atoms with E-state index < -0.39 is 0 Å². The van der Waals surface area contributed by atoms with Crippen LogP contribution in [0.15, 0.2) is 35.5 Å². The van der Waals surface area contributed by atoms with Crippen LogP contribution in [0.5, 0.6) is 0 Å². The minimum Gasteiger partial charge on any atom is -0.386 e. The van der Waals surface area contributed by atoms with Gasteiger partial charge in [-0.25, -0.2) is 0 Å². The zero-order valence-electron chi connectivity index (χ0n) is 12.3. The smallest absolute Gasteiger partial charge is 0.214 e. The molecule has 1 fully saturated rings. The fourth-order valence-electron chi connectivity index (χ4n) is 2.43. The van der Waals surface area contributed by atoms with E-state index in [0.717, 1.165) is 38.5 Å². The van der Waals surface area contributed by atoms with Gasteiger partial charge in [0.05, 0.1) is 18.9 Å². The van der Waals surface area contributed by atoms with Gasteiger partial charge in [0.15, 0.2) is 0 Å². The number of morpholine rings is 1. The largest absolute Gasteiger partial charge is 0.386 e. The van der Waals surface area contributed by atoms with E-state index in [1.165, 1.54) is 16.7 Å². The third kappa shape index (κ3) is 4.04. The first-order valence-corrected chi connectivity index (χ1v) is 8.37. The Labute approximate surface area is 133 Å². The summed E-state index contributed by atoms with van der Waals surface area (Å²) in [6.45, 7) is 4.22. The minimum absolute atomic E-state index is 0.376. The Morgan fingerprint density at radius 2 is 2.05 bits per heavy atom. The lowest BCUT2D eigenvalue weighted by molar-refractivity contribution is -0.910. The zero-order valence-corrected chi connectivity index (χ0v) is 13.1. The summed E-state index contributed by atoms with van der Waals surface area (Å²) in [6, 6.07) is 9.75. The highest BCUT2D eigenvalue weighted by Gasteiger charge is 2.19. The maximum Gasteiger partial charge on any atom is 0.214 e. The highest BCUT2D eigenvalue weighted by molar-refractivity contribution is 7.99. The van der Waals surface area contributed by atoms with Crippen LogP contribution in [0.1, 0.15) is 0 Å². The Hall–Kier alpha value is -1.48. The number of hydrogen-bond donors (Lipinski definition) is 2. The van der Waals surface area contributed by atoms with E-state index in [9.17, 15) is 5.11 Å². The van der Waals surface area contributed by atoms with Gasteiger partial charge in [-0.3, -0.25) is 0 Å². The average molecular weight is 322 g/mol. The van der Waals surface area contributed by atoms with Crippen molar-refractivity contribution in [2.75, 3.05) is 38.6 Å². The summed E-state index contributed by atoms with van der Waals surface area (Å²) in [6.07, 6.45) is -0.376. The van der Waals surface area contributed by atoms with E-state index in [0.29, 0.717) is 10.9 Å². The molecule has 1 aliphatic heterocycles. The van der Waals surface area contributed by atoms with E-state index in [1.807, 2.05) is 30.3 Å². The van der Waals surface area contributed by atoms with Crippen molar-refractivity contribution in [3.63, 3.8) is 0 Å². The lowest BCUT2D eigenvalue weighted by Gasteiger charge is -2.25. The van der Waals surface area contributed by atoms with Gasteiger partial charge < -0.3 is 14.7 Å². The van der Waals surface area contributed by atoms with Crippen molar-refractivity contribution in [1.29, 1.82) is 0 Å². The number of tetrazole rings is 1. The number of rotatable bonds is 6. The minimum atomic E-state index is -0.376. The number of aliphatic hydroxyl groups excluding tert-OH is 1. The molecule has 22 heavy (non-hydrogen) atoms. The van der Waals surface area contributed by atoms with Crippen molar-refractivity contribution in [3.05, 3.63) is 30.3 Å². The summed E-state index contributed by atoms with van der Waals surface area (Å²) in [5, 5.41) is 22.7. The van der Waals surface area contributed by atoms with Gasteiger partial charge in [-0.15, -0.1) is 5.10 Å². The van der Waals surface area contributed by atoms with Crippen molar-refractivity contribution in [2.45, 2.75) is 11.3 Å². The van der Waals surface area contributed by atoms with Gasteiger partial charge in [-0.1, -0.05) is 30.0 Å². The molecule has 7 nitrogen and oxygen atoms in total. The first kappa shape index (κ1) is 15.4. The van der Waals surface area contributed by atoms with Crippen LogP contribution in [0.25, 0.3) is 5.69 Å². The highest BCUT2D eigenvalue weighted by atomic mass is 32.2. The molecule has 2 aromatic rings. The van der Waals surface area contributed by atoms with Crippen LogP contribution in [0.2, 0.25) is 0 Å². The first-order valence-electron chi connectivity index (χ1n) is 7.39. The monoisotopic (exact) mass is 322 g/mol. The SMILES string of the molecule is O[C@H](CSc1nnnn1-c1ccccc1)C[NH+]1CCOCC1. The van der Waals surface area contributed by atoms with Crippen LogP contribution >= 0.6 is 11.8 Å². The summed E-state index contributed by atoms with van der Waals surface area (Å²) in [5.41, 5.74) is 0.920. The molecule has 0 aliphatic carbocycles. The molecule has 1 aromatic heterocycles. The standard InChI is InChI=1S/C14H19N5O2S/c20-13(10-18-6-8-21-9-7-18)11-22-14-15-16-17-19(14)12-4-2-1-3-5-12/h1-5,13,20H,6-11H2/p+1/t13-/m0/s1. The third-order valence-corrected chi connectivity index (χ3v) is 4.63. The molecule has 1 aliphatic rings. The number of hydrogen-bond acceptors (Lipinski definition) is 6. The van der Waals surface area contributed by atoms with Gasteiger partial charge >= 0.3 is 0 Å². The predicted octanol–water partition coefficient (Wildman–Crippen LogP) is -0.970. The van der Waals surface area contributed by atoms with Crippen LogP contribution in [0.3, 0.4) is 0 Å². The maximum atomic E-state index is 10.2. The molecule has 1 aromatic carbocycles. The molecule has 0 amide bonds. The van der Waals surface area contributed by atoms with Crippen molar-refractivity contribution >= 4 is 11.8 Å². The number of ether oxygens (including phenoxy) is 1. The van der Waals surface area contributed by atoms with Crippen molar-refractivity contribution in [2.24, 2.45) is 0 Å². The highest BCUT2D eigenvalue weighted by Crippen LogP contribution is 2.18. The molecule has 0 bridgehead atoms. The molecule has 0 unspecified atom stereocenters. The predicted molar refractivity (Wildman–Crippen MR) is 82.3 cm³/mol. The second-order valence-electron chi connectivity index (χ2n) is 5.24. The second kappa shape index (κ2) is 7.68. The molecular weight excluding hydrogens is 302 g/mol. The van der Waals surface area contributed by atoms with Gasteiger partial charge in [-0.2, -0.15) is 4.68 Å². The van der Waals surface area contributed by atoms with Crippen LogP contribution in [-0.2, 0) is 4.74 Å². The number of nitrogens with zero attached hydrogens (tertiary/aromatic N) is 4. The van der Waals surface area contributed by atoms with Gasteiger partial charge in [0.25, 0.3) is 0 Å². The molecule has 0 saturated carbocycles. The Bertz CT molecular complexity index is 574. The van der Waals surface area contributed by atoms with Crippen LogP contribution in [0.4, 0.5) is 0 Å². The number of aromatic nitrogens is 4. The molecule has 0 spiro atoms. The summed E-state index contributed by atoms with van der Waals surface area (Å²) >= 11 is 1.48. The number of para-hydroxylation sites is 1. The molecule has 0 radical (unpaired) electrons. The molecule has 8 heteroatoms. The van der Waals surface area contributed by atoms with E-state index in [4.69, 9.17) is 4.74 Å². The van der Waals surface area contributed by atoms with E-state index in [2.05, 4.69) is 15.5 Å². The summed E-state index contributed by atoms with van der Waals surface area (Å²) < 4.78 is 7.02. The Morgan fingerprint density at radius 1 is 1.27 bits per heavy atom. The van der Waals surface area contributed by atoms with Gasteiger partial charge in [-0.05, 0) is 22.6 Å². The Morgan fingerprint density at radius 3 is 2.82 bits per heavy atom. The summed E-state index contributed by atoms with van der Waals surface area (Å²) in [7, 11) is 0. The third-order valence-electron chi connectivity index (χ3n) is 3.57. The molecule has 1 saturated heterocycles. The van der Waals surface area contributed by atoms with E-state index in [-0.39, 0.29) is 6.10 Å². The number of aliphatic hydroxyl groups is 1. The van der Waals surface area contributed by atoms with Gasteiger partial charge in [0.1, 0.15) is 25.7 Å².